The van der Waals surface area contributed by atoms with Gasteiger partial charge in [0.1, 0.15) is 11.5 Å². The lowest BCUT2D eigenvalue weighted by molar-refractivity contribution is 0.102. The van der Waals surface area contributed by atoms with Crippen molar-refractivity contribution in [2.24, 2.45) is 0 Å². The average Bonchev–Trinajstić information content (AvgIpc) is 2.79. The number of aromatic nitrogens is 2. The molecule has 6 nitrogen and oxygen atoms in total. The van der Waals surface area contributed by atoms with Crippen LogP contribution in [-0.4, -0.2) is 15.5 Å². The molecule has 8 heteroatoms. The van der Waals surface area contributed by atoms with Gasteiger partial charge in [-0.2, -0.15) is 0 Å². The number of anilines is 1. The summed E-state index contributed by atoms with van der Waals surface area (Å²) < 4.78 is 7.44. The zero-order valence-electron chi connectivity index (χ0n) is 16.8. The number of para-hydroxylation sites is 1. The fourth-order valence-corrected chi connectivity index (χ4v) is 3.60. The number of hydrogen-bond donors (Lipinski definition) is 2. The third-order valence-corrected chi connectivity index (χ3v) is 5.37. The summed E-state index contributed by atoms with van der Waals surface area (Å²) in [6, 6.07) is 18.9. The number of allylic oxidation sites excluding steroid dienone is 1. The van der Waals surface area contributed by atoms with Crippen LogP contribution >= 0.6 is 23.8 Å². The van der Waals surface area contributed by atoms with Gasteiger partial charge in [0.05, 0.1) is 15.9 Å². The van der Waals surface area contributed by atoms with Gasteiger partial charge in [0, 0.05) is 17.8 Å². The molecule has 3 aromatic carbocycles. The SMILES string of the molecule is C=CCn1c(=S)[nH]c2cc(C(=O)Nc3ccc(Oc4ccccc4Cl)cc3)ccc2c1=O. The van der Waals surface area contributed by atoms with E-state index < -0.39 is 0 Å². The summed E-state index contributed by atoms with van der Waals surface area (Å²) in [4.78, 5) is 28.3. The first kappa shape index (κ1) is 21.5. The van der Waals surface area contributed by atoms with E-state index >= 15 is 0 Å². The van der Waals surface area contributed by atoms with Crippen LogP contribution in [0.1, 0.15) is 10.4 Å². The van der Waals surface area contributed by atoms with Crippen molar-refractivity contribution in [2.75, 3.05) is 5.32 Å². The van der Waals surface area contributed by atoms with Crippen molar-refractivity contribution in [2.45, 2.75) is 6.54 Å². The van der Waals surface area contributed by atoms with Gasteiger partial charge in [0.15, 0.2) is 4.77 Å². The summed E-state index contributed by atoms with van der Waals surface area (Å²) in [7, 11) is 0. The molecule has 1 heterocycles. The molecule has 160 valence electrons. The van der Waals surface area contributed by atoms with Gasteiger partial charge >= 0.3 is 0 Å². The van der Waals surface area contributed by atoms with Gasteiger partial charge in [-0.05, 0) is 66.8 Å². The number of nitrogens with zero attached hydrogens (tertiary/aromatic N) is 1. The van der Waals surface area contributed by atoms with E-state index in [1.165, 1.54) is 4.57 Å². The summed E-state index contributed by atoms with van der Waals surface area (Å²) >= 11 is 11.4. The first-order chi connectivity index (χ1) is 15.5. The van der Waals surface area contributed by atoms with Gasteiger partial charge in [-0.25, -0.2) is 0 Å². The van der Waals surface area contributed by atoms with Crippen molar-refractivity contribution < 1.29 is 9.53 Å². The van der Waals surface area contributed by atoms with E-state index in [1.807, 2.05) is 12.1 Å². The van der Waals surface area contributed by atoms with Crippen LogP contribution in [-0.2, 0) is 6.54 Å². The summed E-state index contributed by atoms with van der Waals surface area (Å²) in [5, 5.41) is 3.78. The second-order valence-electron chi connectivity index (χ2n) is 6.91. The maximum Gasteiger partial charge on any atom is 0.262 e. The fourth-order valence-electron chi connectivity index (χ4n) is 3.15. The van der Waals surface area contributed by atoms with Gasteiger partial charge in [-0.3, -0.25) is 14.2 Å². The standard InChI is InChI=1S/C24H18ClN3O3S/c1-2-13-28-23(30)18-12-7-15(14-20(18)27-24(28)32)22(29)26-16-8-10-17(11-9-16)31-21-6-4-3-5-19(21)25/h2-12,14H,1,13H2,(H,26,29)(H,27,32). The lowest BCUT2D eigenvalue weighted by Crippen LogP contribution is -2.22. The molecule has 4 aromatic rings. The molecular formula is C24H18ClN3O3S. The Morgan fingerprint density at radius 3 is 2.62 bits per heavy atom. The minimum Gasteiger partial charge on any atom is -0.456 e. The molecule has 0 aliphatic rings. The van der Waals surface area contributed by atoms with Gasteiger partial charge in [-0.15, -0.1) is 6.58 Å². The highest BCUT2D eigenvalue weighted by Gasteiger charge is 2.11. The number of H-pyrrole nitrogens is 1. The smallest absolute Gasteiger partial charge is 0.262 e. The van der Waals surface area contributed by atoms with Crippen LogP contribution in [0.5, 0.6) is 11.5 Å². The quantitative estimate of drug-likeness (QED) is 0.274. The van der Waals surface area contributed by atoms with E-state index in [2.05, 4.69) is 16.9 Å². The number of aromatic amines is 1. The van der Waals surface area contributed by atoms with Crippen LogP contribution in [0.15, 0.2) is 84.2 Å². The number of carbonyl (C=O) groups is 1. The third-order valence-electron chi connectivity index (χ3n) is 4.73. The van der Waals surface area contributed by atoms with E-state index in [0.29, 0.717) is 45.2 Å². The van der Waals surface area contributed by atoms with E-state index in [0.717, 1.165) is 0 Å². The number of ether oxygens (including phenoxy) is 1. The Morgan fingerprint density at radius 2 is 1.91 bits per heavy atom. The van der Waals surface area contributed by atoms with Crippen LogP contribution in [0.2, 0.25) is 5.02 Å². The molecule has 1 aromatic heterocycles. The molecule has 0 spiro atoms. The number of nitrogens with one attached hydrogen (secondary N) is 2. The number of rotatable bonds is 6. The lowest BCUT2D eigenvalue weighted by atomic mass is 10.1. The highest BCUT2D eigenvalue weighted by atomic mass is 35.5. The largest absolute Gasteiger partial charge is 0.456 e. The molecule has 0 fully saturated rings. The number of carbonyl (C=O) groups excluding carboxylic acids is 1. The van der Waals surface area contributed by atoms with Crippen molar-refractivity contribution in [3.63, 3.8) is 0 Å². The molecule has 0 saturated carbocycles. The van der Waals surface area contributed by atoms with E-state index in [9.17, 15) is 9.59 Å². The molecular weight excluding hydrogens is 446 g/mol. The first-order valence-electron chi connectivity index (χ1n) is 9.68. The number of fused-ring (bicyclic) bond motifs is 1. The number of benzene rings is 3. The minimum absolute atomic E-state index is 0.232. The zero-order valence-corrected chi connectivity index (χ0v) is 18.4. The number of halogens is 1. The Kier molecular flexibility index (Phi) is 6.20. The Labute approximate surface area is 193 Å². The van der Waals surface area contributed by atoms with Crippen molar-refractivity contribution in [1.29, 1.82) is 0 Å². The van der Waals surface area contributed by atoms with Crippen LogP contribution < -0.4 is 15.6 Å². The molecule has 32 heavy (non-hydrogen) atoms. The first-order valence-corrected chi connectivity index (χ1v) is 10.5. The van der Waals surface area contributed by atoms with E-state index in [1.54, 1.807) is 60.7 Å². The van der Waals surface area contributed by atoms with Gasteiger partial charge in [0.2, 0.25) is 0 Å². The molecule has 0 unspecified atom stereocenters. The second-order valence-corrected chi connectivity index (χ2v) is 7.70. The Bertz CT molecular complexity index is 1440. The average molecular weight is 464 g/mol. The summed E-state index contributed by atoms with van der Waals surface area (Å²) in [6.45, 7) is 3.95. The van der Waals surface area contributed by atoms with Gasteiger partial charge in [-0.1, -0.05) is 29.8 Å². The molecule has 1 amide bonds. The highest BCUT2D eigenvalue weighted by molar-refractivity contribution is 7.71. The van der Waals surface area contributed by atoms with Crippen molar-refractivity contribution >= 4 is 46.3 Å². The molecule has 0 aliphatic carbocycles. The van der Waals surface area contributed by atoms with Crippen molar-refractivity contribution in [3.8, 4) is 11.5 Å². The Balaban J connectivity index is 1.53. The van der Waals surface area contributed by atoms with Crippen LogP contribution in [0.4, 0.5) is 5.69 Å². The summed E-state index contributed by atoms with van der Waals surface area (Å²) in [5.74, 6) is 0.818. The zero-order chi connectivity index (χ0) is 22.7. The summed E-state index contributed by atoms with van der Waals surface area (Å²) in [5.41, 5.74) is 1.25. The molecule has 0 atom stereocenters. The summed E-state index contributed by atoms with van der Waals surface area (Å²) in [6.07, 6.45) is 1.60. The number of amides is 1. The maximum atomic E-state index is 12.7. The topological polar surface area (TPSA) is 76.1 Å². The van der Waals surface area contributed by atoms with E-state index in [-0.39, 0.29) is 16.2 Å². The highest BCUT2D eigenvalue weighted by Crippen LogP contribution is 2.29. The van der Waals surface area contributed by atoms with Gasteiger partial charge < -0.3 is 15.0 Å². The third kappa shape index (κ3) is 4.49. The van der Waals surface area contributed by atoms with Crippen LogP contribution in [0.25, 0.3) is 10.9 Å². The predicted molar refractivity (Wildman–Crippen MR) is 130 cm³/mol. The molecule has 2 N–H and O–H groups in total. The molecule has 0 saturated heterocycles. The van der Waals surface area contributed by atoms with Gasteiger partial charge in [0.25, 0.3) is 11.5 Å². The van der Waals surface area contributed by atoms with Crippen LogP contribution in [0, 0.1) is 4.77 Å². The van der Waals surface area contributed by atoms with Crippen molar-refractivity contribution in [1.82, 2.24) is 9.55 Å². The Hall–Kier alpha value is -3.68. The molecule has 0 radical (unpaired) electrons. The molecule has 0 bridgehead atoms. The second kappa shape index (κ2) is 9.21. The number of hydrogen-bond acceptors (Lipinski definition) is 4. The minimum atomic E-state index is -0.318. The Morgan fingerprint density at radius 1 is 1.16 bits per heavy atom. The normalized spacial score (nSPS) is 10.7. The lowest BCUT2D eigenvalue weighted by Gasteiger charge is -2.10. The molecule has 4 rings (SSSR count). The van der Waals surface area contributed by atoms with Crippen molar-refractivity contribution in [3.05, 3.63) is 105 Å². The van der Waals surface area contributed by atoms with Crippen LogP contribution in [0.3, 0.4) is 0 Å². The monoisotopic (exact) mass is 463 g/mol. The fraction of sp³-hybridized carbons (Fsp3) is 0.0417. The predicted octanol–water partition coefficient (Wildman–Crippen LogP) is 5.94. The van der Waals surface area contributed by atoms with E-state index in [4.69, 9.17) is 28.6 Å². The maximum absolute atomic E-state index is 12.7. The molecule has 0 aliphatic heterocycles.